The van der Waals surface area contributed by atoms with Crippen LogP contribution < -0.4 is 4.90 Å². The van der Waals surface area contributed by atoms with Crippen LogP contribution in [0.1, 0.15) is 5.69 Å². The van der Waals surface area contributed by atoms with Gasteiger partial charge in [0.25, 0.3) is 0 Å². The van der Waals surface area contributed by atoms with Crippen LogP contribution in [0.5, 0.6) is 0 Å². The highest BCUT2D eigenvalue weighted by Gasteiger charge is 2.33. The molecule has 0 radical (unpaired) electrons. The molecule has 3 heterocycles. The van der Waals surface area contributed by atoms with E-state index in [1.807, 2.05) is 0 Å². The lowest BCUT2D eigenvalue weighted by Gasteiger charge is -2.13. The molecule has 11 nitrogen and oxygen atoms in total. The summed E-state index contributed by atoms with van der Waals surface area (Å²) < 4.78 is 31.2. The molecule has 1 saturated heterocycles. The Morgan fingerprint density at radius 2 is 2.21 bits per heavy atom. The third kappa shape index (κ3) is 4.40. The van der Waals surface area contributed by atoms with Crippen LogP contribution in [0.4, 0.5) is 14.9 Å². The van der Waals surface area contributed by atoms with Crippen LogP contribution in [0.2, 0.25) is 0 Å². The van der Waals surface area contributed by atoms with Crippen molar-refractivity contribution in [3.05, 3.63) is 48.2 Å². The molecule has 0 spiro atoms. The summed E-state index contributed by atoms with van der Waals surface area (Å²) in [6.07, 6.45) is 2.17. The molecular formula is C16H15FN5O6P. The fourth-order valence-electron chi connectivity index (χ4n) is 2.87. The minimum Gasteiger partial charge on any atom is -0.442 e. The van der Waals surface area contributed by atoms with Gasteiger partial charge in [-0.2, -0.15) is 0 Å². The summed E-state index contributed by atoms with van der Waals surface area (Å²) in [6.45, 7) is 0.400. The Labute approximate surface area is 164 Å². The lowest BCUT2D eigenvalue weighted by molar-refractivity contribution is 0.129. The minimum atomic E-state index is -2.52. The molecule has 1 aromatic carbocycles. The smallest absolute Gasteiger partial charge is 0.414 e. The second-order valence-electron chi connectivity index (χ2n) is 6.11. The summed E-state index contributed by atoms with van der Waals surface area (Å²) in [7, 11) is -2.52. The first-order chi connectivity index (χ1) is 14.0. The predicted molar refractivity (Wildman–Crippen MR) is 95.7 cm³/mol. The molecule has 1 aliphatic rings. The highest BCUT2D eigenvalue weighted by Crippen LogP contribution is 2.31. The molecule has 2 aromatic heterocycles. The lowest BCUT2D eigenvalue weighted by atomic mass is 10.1. The molecule has 29 heavy (non-hydrogen) atoms. The zero-order chi connectivity index (χ0) is 20.4. The number of ether oxygens (including phenoxy) is 1. The highest BCUT2D eigenvalue weighted by atomic mass is 31.2. The van der Waals surface area contributed by atoms with Gasteiger partial charge >= 0.3 is 14.7 Å². The predicted octanol–water partition coefficient (Wildman–Crippen LogP) is 1.83. The summed E-state index contributed by atoms with van der Waals surface area (Å²) in [5.41, 5.74) is 0.749. The number of hydrogen-bond donors (Lipinski definition) is 2. The Morgan fingerprint density at radius 3 is 2.93 bits per heavy atom. The summed E-state index contributed by atoms with van der Waals surface area (Å²) in [5.74, 6) is -0.480. The standard InChI is InChI=1S/C16H15FN5O6P/c17-14-6-11(22-8-12(27-16(22)23)7-21-4-3-18-20-21)1-2-13(14)15-5-10(19-28-15)9-26-29(24)25/h1-6,12,24-25H,7-9H2. The molecule has 1 unspecified atom stereocenters. The van der Waals surface area contributed by atoms with Crippen molar-refractivity contribution in [1.82, 2.24) is 20.2 Å². The van der Waals surface area contributed by atoms with E-state index in [0.29, 0.717) is 12.2 Å². The van der Waals surface area contributed by atoms with E-state index in [1.165, 1.54) is 29.3 Å². The Morgan fingerprint density at radius 1 is 1.34 bits per heavy atom. The van der Waals surface area contributed by atoms with Crippen molar-refractivity contribution in [2.45, 2.75) is 19.3 Å². The number of cyclic esters (lactones) is 1. The van der Waals surface area contributed by atoms with Crippen LogP contribution in [0.3, 0.4) is 0 Å². The van der Waals surface area contributed by atoms with Gasteiger partial charge in [-0.15, -0.1) is 5.10 Å². The molecule has 1 aliphatic heterocycles. The van der Waals surface area contributed by atoms with Crippen molar-refractivity contribution in [2.24, 2.45) is 0 Å². The van der Waals surface area contributed by atoms with Crippen molar-refractivity contribution >= 4 is 20.4 Å². The van der Waals surface area contributed by atoms with E-state index < -0.39 is 26.6 Å². The van der Waals surface area contributed by atoms with Gasteiger partial charge in [0.2, 0.25) is 0 Å². The Bertz CT molecular complexity index is 998. The van der Waals surface area contributed by atoms with Gasteiger partial charge in [-0.25, -0.2) is 13.9 Å². The van der Waals surface area contributed by atoms with Gasteiger partial charge in [-0.05, 0) is 18.2 Å². The zero-order valence-corrected chi connectivity index (χ0v) is 15.6. The number of anilines is 1. The van der Waals surface area contributed by atoms with Gasteiger partial charge in [0, 0.05) is 12.3 Å². The number of carbonyl (C=O) groups is 1. The molecule has 0 saturated carbocycles. The van der Waals surface area contributed by atoms with E-state index in [1.54, 1.807) is 16.9 Å². The fourth-order valence-corrected chi connectivity index (χ4v) is 3.12. The SMILES string of the molecule is O=C1OC(Cn2ccnn2)CN1c1ccc(-c2cc(COP(O)O)no2)c(F)c1. The second-order valence-corrected chi connectivity index (χ2v) is 6.88. The average Bonchev–Trinajstić information content (AvgIpc) is 3.42. The number of aromatic nitrogens is 4. The lowest BCUT2D eigenvalue weighted by Crippen LogP contribution is -2.26. The quantitative estimate of drug-likeness (QED) is 0.545. The molecular weight excluding hydrogens is 408 g/mol. The van der Waals surface area contributed by atoms with Gasteiger partial charge < -0.3 is 23.6 Å². The first-order valence-corrected chi connectivity index (χ1v) is 9.54. The van der Waals surface area contributed by atoms with E-state index in [0.717, 1.165) is 0 Å². The molecule has 0 aliphatic carbocycles. The maximum Gasteiger partial charge on any atom is 0.414 e. The van der Waals surface area contributed by atoms with E-state index in [-0.39, 0.29) is 30.2 Å². The molecule has 4 rings (SSSR count). The minimum absolute atomic E-state index is 0.134. The molecule has 1 fully saturated rings. The summed E-state index contributed by atoms with van der Waals surface area (Å²) in [4.78, 5) is 31.0. The normalized spacial score (nSPS) is 16.6. The molecule has 0 bridgehead atoms. The van der Waals surface area contributed by atoms with Crippen LogP contribution in [-0.4, -0.2) is 48.7 Å². The van der Waals surface area contributed by atoms with Crippen LogP contribution in [0, 0.1) is 5.82 Å². The molecule has 2 N–H and O–H groups in total. The number of carbonyl (C=O) groups excluding carboxylic acids is 1. The average molecular weight is 423 g/mol. The van der Waals surface area contributed by atoms with Crippen molar-refractivity contribution < 1.29 is 32.8 Å². The third-order valence-corrected chi connectivity index (χ3v) is 4.51. The molecule has 13 heteroatoms. The second kappa shape index (κ2) is 8.21. The number of nitrogens with zero attached hydrogens (tertiary/aromatic N) is 5. The van der Waals surface area contributed by atoms with E-state index in [2.05, 4.69) is 20.0 Å². The van der Waals surface area contributed by atoms with Crippen LogP contribution in [0.25, 0.3) is 11.3 Å². The Kier molecular flexibility index (Phi) is 5.49. The number of rotatable bonds is 7. The van der Waals surface area contributed by atoms with Gasteiger partial charge in [-0.1, -0.05) is 10.4 Å². The summed E-state index contributed by atoms with van der Waals surface area (Å²) in [6, 6.07) is 5.65. The number of hydrogen-bond acceptors (Lipinski definition) is 9. The van der Waals surface area contributed by atoms with Crippen LogP contribution in [-0.2, 0) is 22.4 Å². The first kappa shape index (κ1) is 19.4. The Hall–Kier alpha value is -2.92. The number of amides is 1. The summed E-state index contributed by atoms with van der Waals surface area (Å²) >= 11 is 0. The number of halogens is 1. The Balaban J connectivity index is 1.46. The van der Waals surface area contributed by atoms with E-state index in [9.17, 15) is 9.18 Å². The van der Waals surface area contributed by atoms with Gasteiger partial charge in [0.15, 0.2) is 5.76 Å². The fraction of sp³-hybridized carbons (Fsp3) is 0.250. The topological polar surface area (TPSA) is 136 Å². The molecule has 1 amide bonds. The van der Waals surface area contributed by atoms with Crippen LogP contribution >= 0.6 is 8.60 Å². The van der Waals surface area contributed by atoms with Crippen molar-refractivity contribution in [1.29, 1.82) is 0 Å². The third-order valence-electron chi connectivity index (χ3n) is 4.15. The molecule has 3 aromatic rings. The van der Waals surface area contributed by atoms with Gasteiger partial charge in [0.1, 0.15) is 24.2 Å². The zero-order valence-electron chi connectivity index (χ0n) is 14.8. The summed E-state index contributed by atoms with van der Waals surface area (Å²) in [5, 5.41) is 11.2. The largest absolute Gasteiger partial charge is 0.442 e. The van der Waals surface area contributed by atoms with Crippen molar-refractivity contribution in [3.63, 3.8) is 0 Å². The van der Waals surface area contributed by atoms with E-state index >= 15 is 0 Å². The first-order valence-electron chi connectivity index (χ1n) is 8.38. The highest BCUT2D eigenvalue weighted by molar-refractivity contribution is 7.39. The molecule has 152 valence electrons. The maximum atomic E-state index is 14.6. The van der Waals surface area contributed by atoms with Crippen molar-refractivity contribution in [2.75, 3.05) is 11.4 Å². The number of benzene rings is 1. The van der Waals surface area contributed by atoms with E-state index in [4.69, 9.17) is 19.0 Å². The van der Waals surface area contributed by atoms with Gasteiger partial charge in [0.05, 0.1) is 30.5 Å². The monoisotopic (exact) mass is 423 g/mol. The van der Waals surface area contributed by atoms with Gasteiger partial charge in [-0.3, -0.25) is 4.90 Å². The van der Waals surface area contributed by atoms with Crippen molar-refractivity contribution in [3.8, 4) is 11.3 Å². The maximum absolute atomic E-state index is 14.6. The van der Waals surface area contributed by atoms with Crippen LogP contribution in [0.15, 0.2) is 41.2 Å². The molecule has 1 atom stereocenters.